The molecule has 0 spiro atoms. The largest absolute Gasteiger partial charge is 0.351 e. The van der Waals surface area contributed by atoms with Crippen molar-refractivity contribution >= 4 is 52.2 Å². The van der Waals surface area contributed by atoms with Crippen molar-refractivity contribution in [3.63, 3.8) is 0 Å². The molecule has 0 atom stereocenters. The lowest BCUT2D eigenvalue weighted by atomic mass is 10.2. The maximum atomic E-state index is 12.3. The van der Waals surface area contributed by atoms with E-state index in [0.29, 0.717) is 10.6 Å². The second-order valence-corrected chi connectivity index (χ2v) is 8.15. The van der Waals surface area contributed by atoms with Crippen LogP contribution in [-0.2, 0) is 10.5 Å². The van der Waals surface area contributed by atoms with E-state index in [1.807, 2.05) is 24.3 Å². The fourth-order valence-electron chi connectivity index (χ4n) is 2.47. The summed E-state index contributed by atoms with van der Waals surface area (Å²) >= 11 is 9.37. The number of thiophene rings is 1. The van der Waals surface area contributed by atoms with E-state index in [1.165, 1.54) is 5.56 Å². The molecule has 0 aliphatic rings. The SMILES string of the molecule is O=C(CCNC(=O)c1ccccc1Cl)Nc1ccccc1SCc1ccsc1. The van der Waals surface area contributed by atoms with E-state index in [9.17, 15) is 9.59 Å². The highest BCUT2D eigenvalue weighted by molar-refractivity contribution is 7.98. The van der Waals surface area contributed by atoms with Crippen LogP contribution in [0.2, 0.25) is 5.02 Å². The van der Waals surface area contributed by atoms with Crippen LogP contribution in [0.25, 0.3) is 0 Å². The van der Waals surface area contributed by atoms with Crippen molar-refractivity contribution in [2.45, 2.75) is 17.1 Å². The molecule has 0 fully saturated rings. The zero-order valence-corrected chi connectivity index (χ0v) is 17.4. The molecule has 2 aromatic carbocycles. The molecule has 0 unspecified atom stereocenters. The molecule has 3 rings (SSSR count). The molecule has 1 heterocycles. The summed E-state index contributed by atoms with van der Waals surface area (Å²) < 4.78 is 0. The van der Waals surface area contributed by atoms with Crippen LogP contribution in [0.3, 0.4) is 0 Å². The number of rotatable bonds is 8. The molecule has 0 saturated carbocycles. The lowest BCUT2D eigenvalue weighted by Crippen LogP contribution is -2.27. The molecule has 2 N–H and O–H groups in total. The molecule has 4 nitrogen and oxygen atoms in total. The maximum absolute atomic E-state index is 12.3. The van der Waals surface area contributed by atoms with Gasteiger partial charge in [0, 0.05) is 23.6 Å². The summed E-state index contributed by atoms with van der Waals surface area (Å²) in [5.74, 6) is 0.415. The number of amides is 2. The number of thioether (sulfide) groups is 1. The Morgan fingerprint density at radius 3 is 2.61 bits per heavy atom. The van der Waals surface area contributed by atoms with Crippen LogP contribution in [0.1, 0.15) is 22.3 Å². The summed E-state index contributed by atoms with van der Waals surface area (Å²) in [6.07, 6.45) is 0.180. The molecule has 1 aromatic heterocycles. The topological polar surface area (TPSA) is 58.2 Å². The molecular weight excluding hydrogens is 412 g/mol. The van der Waals surface area contributed by atoms with Gasteiger partial charge in [-0.3, -0.25) is 9.59 Å². The first kappa shape index (κ1) is 20.5. The van der Waals surface area contributed by atoms with Crippen molar-refractivity contribution in [1.82, 2.24) is 5.32 Å². The number of anilines is 1. The van der Waals surface area contributed by atoms with Gasteiger partial charge < -0.3 is 10.6 Å². The van der Waals surface area contributed by atoms with E-state index < -0.39 is 0 Å². The summed E-state index contributed by atoms with van der Waals surface area (Å²) in [6, 6.07) is 16.6. The van der Waals surface area contributed by atoms with Crippen molar-refractivity contribution in [3.8, 4) is 0 Å². The van der Waals surface area contributed by atoms with Crippen LogP contribution in [0.4, 0.5) is 5.69 Å². The smallest absolute Gasteiger partial charge is 0.252 e. The summed E-state index contributed by atoms with van der Waals surface area (Å²) in [5, 5.41) is 10.2. The third kappa shape index (κ3) is 5.86. The minimum atomic E-state index is -0.287. The average Bonchev–Trinajstić information content (AvgIpc) is 3.21. The van der Waals surface area contributed by atoms with Crippen molar-refractivity contribution in [2.24, 2.45) is 0 Å². The highest BCUT2D eigenvalue weighted by Crippen LogP contribution is 2.30. The van der Waals surface area contributed by atoms with Gasteiger partial charge in [0.05, 0.1) is 16.3 Å². The molecule has 2 amide bonds. The fraction of sp³-hybridized carbons (Fsp3) is 0.143. The van der Waals surface area contributed by atoms with E-state index in [4.69, 9.17) is 11.6 Å². The monoisotopic (exact) mass is 430 g/mol. The molecule has 0 aliphatic heterocycles. The fourth-order valence-corrected chi connectivity index (χ4v) is 4.42. The maximum Gasteiger partial charge on any atom is 0.252 e. The predicted molar refractivity (Wildman–Crippen MR) is 117 cm³/mol. The number of carbonyl (C=O) groups is 2. The molecule has 7 heteroatoms. The van der Waals surface area contributed by atoms with Gasteiger partial charge in [0.15, 0.2) is 0 Å². The molecular formula is C21H19ClN2O2S2. The van der Waals surface area contributed by atoms with Gasteiger partial charge in [0.2, 0.25) is 5.91 Å². The first-order valence-electron chi connectivity index (χ1n) is 8.69. The van der Waals surface area contributed by atoms with Crippen LogP contribution in [0.5, 0.6) is 0 Å². The molecule has 0 aliphatic carbocycles. The third-order valence-electron chi connectivity index (χ3n) is 3.89. The Balaban J connectivity index is 1.49. The van der Waals surface area contributed by atoms with Crippen LogP contribution in [0.15, 0.2) is 70.3 Å². The Kier molecular flexibility index (Phi) is 7.54. The molecule has 144 valence electrons. The van der Waals surface area contributed by atoms with Crippen LogP contribution < -0.4 is 10.6 Å². The van der Waals surface area contributed by atoms with E-state index >= 15 is 0 Å². The number of para-hydroxylation sites is 1. The van der Waals surface area contributed by atoms with Crippen molar-refractivity contribution in [2.75, 3.05) is 11.9 Å². The van der Waals surface area contributed by atoms with Crippen LogP contribution in [0, 0.1) is 0 Å². The Labute approximate surface area is 177 Å². The minimum absolute atomic E-state index is 0.150. The number of benzene rings is 2. The second kappa shape index (κ2) is 10.3. The zero-order valence-electron chi connectivity index (χ0n) is 15.0. The zero-order chi connectivity index (χ0) is 19.8. The second-order valence-electron chi connectivity index (χ2n) is 5.95. The minimum Gasteiger partial charge on any atom is -0.351 e. The highest BCUT2D eigenvalue weighted by Gasteiger charge is 2.11. The number of hydrogen-bond donors (Lipinski definition) is 2. The van der Waals surface area contributed by atoms with Gasteiger partial charge in [0.1, 0.15) is 0 Å². The van der Waals surface area contributed by atoms with Gasteiger partial charge in [0.25, 0.3) is 5.91 Å². The van der Waals surface area contributed by atoms with E-state index in [-0.39, 0.29) is 24.8 Å². The molecule has 0 bridgehead atoms. The number of carbonyl (C=O) groups excluding carboxylic acids is 2. The predicted octanol–water partition coefficient (Wildman–Crippen LogP) is 5.45. The van der Waals surface area contributed by atoms with Gasteiger partial charge in [-0.2, -0.15) is 11.3 Å². The van der Waals surface area contributed by atoms with E-state index in [0.717, 1.165) is 16.3 Å². The normalized spacial score (nSPS) is 10.5. The van der Waals surface area contributed by atoms with Crippen molar-refractivity contribution < 1.29 is 9.59 Å². The standard InChI is InChI=1S/C21H19ClN2O2S2/c22-17-6-2-1-5-16(17)21(26)23-11-9-20(25)24-18-7-3-4-8-19(18)28-14-15-10-12-27-13-15/h1-8,10,12-13H,9,11,14H2,(H,23,26)(H,24,25). The van der Waals surface area contributed by atoms with Gasteiger partial charge in [-0.25, -0.2) is 0 Å². The van der Waals surface area contributed by atoms with Crippen LogP contribution in [-0.4, -0.2) is 18.4 Å². The third-order valence-corrected chi connectivity index (χ3v) is 6.10. The molecule has 0 radical (unpaired) electrons. The highest BCUT2D eigenvalue weighted by atomic mass is 35.5. The van der Waals surface area contributed by atoms with Gasteiger partial charge in [-0.1, -0.05) is 35.9 Å². The summed E-state index contributed by atoms with van der Waals surface area (Å²) in [5.41, 5.74) is 2.45. The summed E-state index contributed by atoms with van der Waals surface area (Å²) in [7, 11) is 0. The first-order chi connectivity index (χ1) is 13.6. The lowest BCUT2D eigenvalue weighted by Gasteiger charge is -2.11. The summed E-state index contributed by atoms with van der Waals surface area (Å²) in [4.78, 5) is 25.4. The number of nitrogens with one attached hydrogen (secondary N) is 2. The van der Waals surface area contributed by atoms with Crippen molar-refractivity contribution in [1.29, 1.82) is 0 Å². The first-order valence-corrected chi connectivity index (χ1v) is 11.0. The van der Waals surface area contributed by atoms with Crippen LogP contribution >= 0.6 is 34.7 Å². The van der Waals surface area contributed by atoms with E-state index in [2.05, 4.69) is 27.5 Å². The van der Waals surface area contributed by atoms with Crippen molar-refractivity contribution in [3.05, 3.63) is 81.5 Å². The Bertz CT molecular complexity index is 945. The van der Waals surface area contributed by atoms with Gasteiger partial charge in [-0.05, 0) is 46.7 Å². The van der Waals surface area contributed by atoms with Gasteiger partial charge in [-0.15, -0.1) is 11.8 Å². The quantitative estimate of drug-likeness (QED) is 0.467. The summed E-state index contributed by atoms with van der Waals surface area (Å²) in [6.45, 7) is 0.236. The Morgan fingerprint density at radius 1 is 1.04 bits per heavy atom. The van der Waals surface area contributed by atoms with E-state index in [1.54, 1.807) is 47.4 Å². The lowest BCUT2D eigenvalue weighted by molar-refractivity contribution is -0.116. The molecule has 3 aromatic rings. The Hall–Kier alpha value is -2.28. The molecule has 0 saturated heterocycles. The number of hydrogen-bond acceptors (Lipinski definition) is 4. The number of halogens is 1. The average molecular weight is 431 g/mol. The Morgan fingerprint density at radius 2 is 1.82 bits per heavy atom. The molecule has 28 heavy (non-hydrogen) atoms. The van der Waals surface area contributed by atoms with Gasteiger partial charge >= 0.3 is 0 Å².